The van der Waals surface area contributed by atoms with Crippen molar-refractivity contribution in [2.75, 3.05) is 5.75 Å². The molecule has 21 heavy (non-hydrogen) atoms. The van der Waals surface area contributed by atoms with Crippen molar-refractivity contribution in [1.29, 1.82) is 5.26 Å². The molecule has 0 amide bonds. The van der Waals surface area contributed by atoms with Crippen LogP contribution in [0.4, 0.5) is 0 Å². The molecule has 2 aromatic rings. The van der Waals surface area contributed by atoms with Gasteiger partial charge >= 0.3 is 0 Å². The second-order valence-electron chi connectivity index (χ2n) is 5.35. The molecule has 0 aliphatic heterocycles. The number of thioether (sulfide) groups is 1. The maximum atomic E-state index is 9.44. The SMILES string of the molecule is Cc1c(C#N)c(SCCc2ccnn2C)nc2c1CCC2. The summed E-state index contributed by atoms with van der Waals surface area (Å²) in [5, 5.41) is 14.5. The highest BCUT2D eigenvalue weighted by Gasteiger charge is 2.20. The van der Waals surface area contributed by atoms with E-state index in [0.29, 0.717) is 0 Å². The molecular weight excluding hydrogens is 280 g/mol. The minimum atomic E-state index is 0.769. The molecule has 0 fully saturated rings. The van der Waals surface area contributed by atoms with Crippen molar-refractivity contribution in [3.63, 3.8) is 0 Å². The van der Waals surface area contributed by atoms with E-state index in [4.69, 9.17) is 4.98 Å². The van der Waals surface area contributed by atoms with Crippen molar-refractivity contribution in [2.24, 2.45) is 7.05 Å². The van der Waals surface area contributed by atoms with Crippen LogP contribution >= 0.6 is 11.8 Å². The molecular formula is C16H18N4S. The summed E-state index contributed by atoms with van der Waals surface area (Å²) in [4.78, 5) is 4.74. The standard InChI is InChI=1S/C16H18N4S/c1-11-13-4-3-5-15(13)19-16(14(11)10-17)21-9-7-12-6-8-18-20(12)2/h6,8H,3-5,7,9H2,1-2H3. The van der Waals surface area contributed by atoms with Crippen LogP contribution in [0.5, 0.6) is 0 Å². The first-order valence-corrected chi connectivity index (χ1v) is 8.21. The van der Waals surface area contributed by atoms with Crippen LogP contribution in [-0.4, -0.2) is 20.5 Å². The Balaban J connectivity index is 1.78. The number of fused-ring (bicyclic) bond motifs is 1. The van der Waals surface area contributed by atoms with Gasteiger partial charge in [0, 0.05) is 30.4 Å². The van der Waals surface area contributed by atoms with Gasteiger partial charge in [0.25, 0.3) is 0 Å². The summed E-state index contributed by atoms with van der Waals surface area (Å²) in [6.45, 7) is 2.07. The van der Waals surface area contributed by atoms with E-state index >= 15 is 0 Å². The minimum Gasteiger partial charge on any atom is -0.273 e. The van der Waals surface area contributed by atoms with E-state index in [1.807, 2.05) is 24.0 Å². The predicted octanol–water partition coefficient (Wildman–Crippen LogP) is 2.82. The van der Waals surface area contributed by atoms with E-state index in [-0.39, 0.29) is 0 Å². The van der Waals surface area contributed by atoms with Gasteiger partial charge < -0.3 is 0 Å². The molecule has 0 N–H and O–H groups in total. The second-order valence-corrected chi connectivity index (χ2v) is 6.44. The van der Waals surface area contributed by atoms with E-state index in [1.165, 1.54) is 17.0 Å². The lowest BCUT2D eigenvalue weighted by Gasteiger charge is -2.10. The average Bonchev–Trinajstić information content (AvgIpc) is 3.09. The zero-order valence-corrected chi connectivity index (χ0v) is 13.2. The lowest BCUT2D eigenvalue weighted by atomic mass is 10.0. The predicted molar refractivity (Wildman–Crippen MR) is 83.4 cm³/mol. The second kappa shape index (κ2) is 5.90. The van der Waals surface area contributed by atoms with Crippen LogP contribution in [0.3, 0.4) is 0 Å². The van der Waals surface area contributed by atoms with Crippen molar-refractivity contribution in [3.8, 4) is 6.07 Å². The Labute approximate surface area is 129 Å². The number of pyridine rings is 1. The van der Waals surface area contributed by atoms with E-state index in [2.05, 4.69) is 18.1 Å². The molecule has 0 bridgehead atoms. The van der Waals surface area contributed by atoms with Gasteiger partial charge in [-0.25, -0.2) is 4.98 Å². The smallest absolute Gasteiger partial charge is 0.114 e. The lowest BCUT2D eigenvalue weighted by molar-refractivity contribution is 0.719. The fourth-order valence-corrected chi connectivity index (χ4v) is 3.90. The Morgan fingerprint density at radius 3 is 3.00 bits per heavy atom. The molecule has 1 aliphatic rings. The van der Waals surface area contributed by atoms with Gasteiger partial charge in [0.15, 0.2) is 0 Å². The molecule has 0 unspecified atom stereocenters. The first-order valence-electron chi connectivity index (χ1n) is 7.23. The normalized spacial score (nSPS) is 13.2. The topological polar surface area (TPSA) is 54.5 Å². The van der Waals surface area contributed by atoms with Gasteiger partial charge in [-0.3, -0.25) is 4.68 Å². The summed E-state index contributed by atoms with van der Waals surface area (Å²) < 4.78 is 1.90. The molecule has 0 aromatic carbocycles. The highest BCUT2D eigenvalue weighted by molar-refractivity contribution is 7.99. The molecule has 4 nitrogen and oxygen atoms in total. The third-order valence-electron chi connectivity index (χ3n) is 4.10. The fraction of sp³-hybridized carbons (Fsp3) is 0.438. The minimum absolute atomic E-state index is 0.769. The third-order valence-corrected chi connectivity index (χ3v) is 5.08. The van der Waals surface area contributed by atoms with E-state index in [9.17, 15) is 5.26 Å². The molecule has 0 saturated carbocycles. The number of aryl methyl sites for hydroxylation is 3. The van der Waals surface area contributed by atoms with Crippen molar-refractivity contribution in [3.05, 3.63) is 40.3 Å². The molecule has 0 atom stereocenters. The summed E-state index contributed by atoms with van der Waals surface area (Å²) in [7, 11) is 1.96. The summed E-state index contributed by atoms with van der Waals surface area (Å²) in [6, 6.07) is 4.38. The Morgan fingerprint density at radius 2 is 2.29 bits per heavy atom. The Bertz CT molecular complexity index is 712. The van der Waals surface area contributed by atoms with Gasteiger partial charge in [-0.2, -0.15) is 10.4 Å². The zero-order valence-electron chi connectivity index (χ0n) is 12.4. The molecule has 5 heteroatoms. The monoisotopic (exact) mass is 298 g/mol. The van der Waals surface area contributed by atoms with Gasteiger partial charge in [-0.1, -0.05) is 0 Å². The quantitative estimate of drug-likeness (QED) is 0.815. The van der Waals surface area contributed by atoms with Crippen LogP contribution in [0.1, 0.15) is 34.5 Å². The Hall–Kier alpha value is -1.80. The van der Waals surface area contributed by atoms with Gasteiger partial charge in [0.2, 0.25) is 0 Å². The molecule has 108 valence electrons. The summed E-state index contributed by atoms with van der Waals surface area (Å²) in [5.74, 6) is 0.916. The molecule has 2 aromatic heterocycles. The maximum Gasteiger partial charge on any atom is 0.114 e. The van der Waals surface area contributed by atoms with Crippen LogP contribution in [0.25, 0.3) is 0 Å². The van der Waals surface area contributed by atoms with Crippen molar-refractivity contribution < 1.29 is 0 Å². The molecule has 0 radical (unpaired) electrons. The maximum absolute atomic E-state index is 9.44. The van der Waals surface area contributed by atoms with Crippen molar-refractivity contribution in [1.82, 2.24) is 14.8 Å². The molecule has 1 aliphatic carbocycles. The van der Waals surface area contributed by atoms with E-state index < -0.39 is 0 Å². The van der Waals surface area contributed by atoms with Crippen LogP contribution < -0.4 is 0 Å². The summed E-state index contributed by atoms with van der Waals surface area (Å²) in [5.41, 5.74) is 5.63. The third kappa shape index (κ3) is 2.68. The van der Waals surface area contributed by atoms with Crippen LogP contribution in [0, 0.1) is 18.3 Å². The van der Waals surface area contributed by atoms with Gasteiger partial charge in [0.05, 0.1) is 5.56 Å². The van der Waals surface area contributed by atoms with Crippen molar-refractivity contribution >= 4 is 11.8 Å². The molecule has 2 heterocycles. The Kier molecular flexibility index (Phi) is 3.98. The van der Waals surface area contributed by atoms with Crippen LogP contribution in [0.15, 0.2) is 17.3 Å². The number of rotatable bonds is 4. The number of aromatic nitrogens is 3. The molecule has 0 spiro atoms. The highest BCUT2D eigenvalue weighted by Crippen LogP contribution is 2.31. The first kappa shape index (κ1) is 14.2. The number of nitriles is 1. The average molecular weight is 298 g/mol. The number of nitrogens with zero attached hydrogens (tertiary/aromatic N) is 4. The number of hydrogen-bond acceptors (Lipinski definition) is 4. The lowest BCUT2D eigenvalue weighted by Crippen LogP contribution is -2.02. The molecule has 0 saturated heterocycles. The van der Waals surface area contributed by atoms with Crippen LogP contribution in [0.2, 0.25) is 0 Å². The zero-order chi connectivity index (χ0) is 14.8. The Morgan fingerprint density at radius 1 is 1.43 bits per heavy atom. The van der Waals surface area contributed by atoms with Gasteiger partial charge in [-0.15, -0.1) is 11.8 Å². The van der Waals surface area contributed by atoms with E-state index in [1.54, 1.807) is 11.8 Å². The number of hydrogen-bond donors (Lipinski definition) is 0. The first-order chi connectivity index (χ1) is 10.2. The summed E-state index contributed by atoms with van der Waals surface area (Å²) in [6.07, 6.45) is 6.04. The largest absolute Gasteiger partial charge is 0.273 e. The summed E-state index contributed by atoms with van der Waals surface area (Å²) >= 11 is 1.68. The van der Waals surface area contributed by atoms with Gasteiger partial charge in [0.1, 0.15) is 11.1 Å². The van der Waals surface area contributed by atoms with E-state index in [0.717, 1.165) is 47.6 Å². The fourth-order valence-electron chi connectivity index (χ4n) is 2.88. The van der Waals surface area contributed by atoms with Crippen LogP contribution in [-0.2, 0) is 26.3 Å². The van der Waals surface area contributed by atoms with Crippen molar-refractivity contribution in [2.45, 2.75) is 37.6 Å². The highest BCUT2D eigenvalue weighted by atomic mass is 32.2. The molecule has 3 rings (SSSR count). The van der Waals surface area contributed by atoms with Gasteiger partial charge in [-0.05, 0) is 49.8 Å².